The molecule has 0 aliphatic rings. The smallest absolute Gasteiger partial charge is 0.125 e. The van der Waals surface area contributed by atoms with Gasteiger partial charge in [0.1, 0.15) is 5.82 Å². The Hall–Kier alpha value is -1.12. The lowest BCUT2D eigenvalue weighted by atomic mass is 10.0. The largest absolute Gasteiger partial charge is 0.396 e. The molecule has 0 aliphatic heterocycles. The summed E-state index contributed by atoms with van der Waals surface area (Å²) in [4.78, 5) is 8.76. The average Bonchev–Trinajstić information content (AvgIpc) is 2.07. The third-order valence-electron chi connectivity index (χ3n) is 2.21. The van der Waals surface area contributed by atoms with Crippen LogP contribution < -0.4 is 5.73 Å². The van der Waals surface area contributed by atoms with Crippen LogP contribution in [-0.4, -0.2) is 9.97 Å². The monoisotopic (exact) mass is 193 g/mol. The number of rotatable bonds is 2. The molecule has 0 spiro atoms. The normalized spacial score (nSPS) is 11.4. The number of hydrogen-bond acceptors (Lipinski definition) is 3. The summed E-state index contributed by atoms with van der Waals surface area (Å²) in [5.41, 5.74) is 8.74. The van der Waals surface area contributed by atoms with E-state index in [-0.39, 0.29) is 0 Å². The zero-order valence-electron chi connectivity index (χ0n) is 9.63. The van der Waals surface area contributed by atoms with E-state index in [0.29, 0.717) is 11.8 Å². The van der Waals surface area contributed by atoms with Crippen molar-refractivity contribution < 1.29 is 0 Å². The summed E-state index contributed by atoms with van der Waals surface area (Å²) in [6, 6.07) is 0. The molecule has 0 unspecified atom stereocenters. The number of aryl methyl sites for hydroxylation is 1. The first-order chi connectivity index (χ1) is 6.43. The van der Waals surface area contributed by atoms with E-state index >= 15 is 0 Å². The van der Waals surface area contributed by atoms with Gasteiger partial charge >= 0.3 is 0 Å². The van der Waals surface area contributed by atoms with Crippen molar-refractivity contribution in [2.45, 2.75) is 46.5 Å². The highest BCUT2D eigenvalue weighted by Crippen LogP contribution is 2.26. The molecular formula is C11H19N3. The molecule has 1 heterocycles. The van der Waals surface area contributed by atoms with E-state index < -0.39 is 0 Å². The average molecular weight is 193 g/mol. The number of nitrogens with two attached hydrogens (primary N) is 1. The molecule has 0 saturated heterocycles. The van der Waals surface area contributed by atoms with Crippen LogP contribution in [0.25, 0.3) is 0 Å². The van der Waals surface area contributed by atoms with Gasteiger partial charge < -0.3 is 5.73 Å². The van der Waals surface area contributed by atoms with E-state index in [1.807, 2.05) is 6.92 Å². The van der Waals surface area contributed by atoms with Crippen molar-refractivity contribution in [3.8, 4) is 0 Å². The second kappa shape index (κ2) is 3.95. The van der Waals surface area contributed by atoms with Crippen LogP contribution in [0.1, 0.15) is 56.7 Å². The van der Waals surface area contributed by atoms with Gasteiger partial charge in [-0.2, -0.15) is 0 Å². The summed E-state index contributed by atoms with van der Waals surface area (Å²) in [6.07, 6.45) is 0. The van der Waals surface area contributed by atoms with Crippen molar-refractivity contribution in [1.29, 1.82) is 0 Å². The Labute approximate surface area is 85.8 Å². The molecule has 1 aromatic heterocycles. The highest BCUT2D eigenvalue weighted by molar-refractivity contribution is 5.50. The first kappa shape index (κ1) is 11.0. The molecule has 0 fully saturated rings. The van der Waals surface area contributed by atoms with Gasteiger partial charge in [0, 0.05) is 0 Å². The van der Waals surface area contributed by atoms with Crippen LogP contribution in [0.5, 0.6) is 0 Å². The summed E-state index contributed by atoms with van der Waals surface area (Å²) < 4.78 is 0. The zero-order valence-corrected chi connectivity index (χ0v) is 9.63. The van der Waals surface area contributed by atoms with Crippen LogP contribution in [0.4, 0.5) is 5.69 Å². The molecule has 0 bridgehead atoms. The van der Waals surface area contributed by atoms with E-state index in [0.717, 1.165) is 22.9 Å². The van der Waals surface area contributed by atoms with Crippen molar-refractivity contribution in [3.63, 3.8) is 0 Å². The molecule has 1 aromatic rings. The van der Waals surface area contributed by atoms with Gasteiger partial charge in [-0.15, -0.1) is 0 Å². The van der Waals surface area contributed by atoms with Crippen LogP contribution in [0.15, 0.2) is 0 Å². The fraction of sp³-hybridized carbons (Fsp3) is 0.636. The topological polar surface area (TPSA) is 51.8 Å². The summed E-state index contributed by atoms with van der Waals surface area (Å²) in [5, 5.41) is 0. The van der Waals surface area contributed by atoms with Crippen LogP contribution >= 0.6 is 0 Å². The van der Waals surface area contributed by atoms with Crippen molar-refractivity contribution in [2.24, 2.45) is 0 Å². The third-order valence-corrected chi connectivity index (χ3v) is 2.21. The van der Waals surface area contributed by atoms with Crippen molar-refractivity contribution in [3.05, 3.63) is 17.2 Å². The molecule has 0 saturated carbocycles. The van der Waals surface area contributed by atoms with Crippen LogP contribution in [0.2, 0.25) is 0 Å². The molecule has 0 amide bonds. The minimum absolute atomic E-state index is 0.356. The van der Waals surface area contributed by atoms with Gasteiger partial charge in [0.05, 0.1) is 17.1 Å². The highest BCUT2D eigenvalue weighted by Gasteiger charge is 2.14. The Balaban J connectivity index is 3.32. The summed E-state index contributed by atoms with van der Waals surface area (Å²) in [6.45, 7) is 10.3. The van der Waals surface area contributed by atoms with Gasteiger partial charge in [-0.3, -0.25) is 0 Å². The van der Waals surface area contributed by atoms with Gasteiger partial charge in [-0.25, -0.2) is 9.97 Å². The first-order valence-electron chi connectivity index (χ1n) is 5.07. The Morgan fingerprint density at radius 2 is 1.29 bits per heavy atom. The number of hydrogen-bond donors (Lipinski definition) is 1. The molecule has 1 rings (SSSR count). The molecule has 0 aromatic carbocycles. The predicted octanol–water partition coefficient (Wildman–Crippen LogP) is 2.61. The molecule has 14 heavy (non-hydrogen) atoms. The van der Waals surface area contributed by atoms with Crippen molar-refractivity contribution >= 4 is 5.69 Å². The Kier molecular flexibility index (Phi) is 3.09. The third kappa shape index (κ3) is 2.03. The van der Waals surface area contributed by atoms with Gasteiger partial charge in [0.25, 0.3) is 0 Å². The fourth-order valence-corrected chi connectivity index (χ4v) is 1.51. The van der Waals surface area contributed by atoms with Crippen molar-refractivity contribution in [2.75, 3.05) is 5.73 Å². The number of nitrogens with zero attached hydrogens (tertiary/aromatic N) is 2. The van der Waals surface area contributed by atoms with Crippen LogP contribution in [-0.2, 0) is 0 Å². The van der Waals surface area contributed by atoms with Gasteiger partial charge in [-0.1, -0.05) is 27.7 Å². The SMILES string of the molecule is Cc1nc(C(C)C)c(N)c(C(C)C)n1. The van der Waals surface area contributed by atoms with E-state index in [9.17, 15) is 0 Å². The molecule has 2 N–H and O–H groups in total. The van der Waals surface area contributed by atoms with E-state index in [1.54, 1.807) is 0 Å². The van der Waals surface area contributed by atoms with E-state index in [2.05, 4.69) is 37.7 Å². The maximum atomic E-state index is 6.03. The lowest BCUT2D eigenvalue weighted by Gasteiger charge is -2.15. The fourth-order valence-electron chi connectivity index (χ4n) is 1.51. The number of aromatic nitrogens is 2. The van der Waals surface area contributed by atoms with Crippen LogP contribution in [0, 0.1) is 6.92 Å². The Morgan fingerprint density at radius 3 is 1.57 bits per heavy atom. The molecule has 0 atom stereocenters. The molecule has 78 valence electrons. The van der Waals surface area contributed by atoms with Gasteiger partial charge in [0.2, 0.25) is 0 Å². The summed E-state index contributed by atoms with van der Waals surface area (Å²) >= 11 is 0. The van der Waals surface area contributed by atoms with E-state index in [1.165, 1.54) is 0 Å². The molecule has 3 nitrogen and oxygen atoms in total. The molecular weight excluding hydrogens is 174 g/mol. The number of nitrogen functional groups attached to an aromatic ring is 1. The van der Waals surface area contributed by atoms with Crippen LogP contribution in [0.3, 0.4) is 0 Å². The second-order valence-corrected chi connectivity index (χ2v) is 4.26. The molecule has 3 heteroatoms. The quantitative estimate of drug-likeness (QED) is 0.785. The Bertz CT molecular complexity index is 300. The van der Waals surface area contributed by atoms with Gasteiger partial charge in [0.15, 0.2) is 0 Å². The standard InChI is InChI=1S/C11H19N3/c1-6(2)10-9(12)11(7(3)4)14-8(5)13-10/h6-7H,12H2,1-5H3. The lowest BCUT2D eigenvalue weighted by Crippen LogP contribution is -2.09. The first-order valence-corrected chi connectivity index (χ1v) is 5.07. The second-order valence-electron chi connectivity index (χ2n) is 4.26. The Morgan fingerprint density at radius 1 is 0.929 bits per heavy atom. The summed E-state index contributed by atoms with van der Waals surface area (Å²) in [7, 11) is 0. The highest BCUT2D eigenvalue weighted by atomic mass is 14.9. The van der Waals surface area contributed by atoms with Crippen molar-refractivity contribution in [1.82, 2.24) is 9.97 Å². The number of anilines is 1. The minimum Gasteiger partial charge on any atom is -0.396 e. The van der Waals surface area contributed by atoms with E-state index in [4.69, 9.17) is 5.73 Å². The molecule has 0 radical (unpaired) electrons. The maximum Gasteiger partial charge on any atom is 0.125 e. The lowest BCUT2D eigenvalue weighted by molar-refractivity contribution is 0.759. The summed E-state index contributed by atoms with van der Waals surface area (Å²) in [5.74, 6) is 1.52. The zero-order chi connectivity index (χ0) is 10.9. The van der Waals surface area contributed by atoms with Gasteiger partial charge in [-0.05, 0) is 18.8 Å². The molecule has 0 aliphatic carbocycles. The predicted molar refractivity (Wildman–Crippen MR) is 59.4 cm³/mol. The minimum atomic E-state index is 0.356. The maximum absolute atomic E-state index is 6.03.